The molecule has 0 aliphatic rings. The minimum Gasteiger partial charge on any atom is -0.462 e. The van der Waals surface area contributed by atoms with Crippen molar-refractivity contribution in [3.05, 3.63) is 100 Å². The molecule has 0 fully saturated rings. The quantitative estimate of drug-likeness (QED) is 0.344. The van der Waals surface area contributed by atoms with Crippen LogP contribution in [-0.4, -0.2) is 24.3 Å². The summed E-state index contributed by atoms with van der Waals surface area (Å²) in [6, 6.07) is 20.6. The lowest BCUT2D eigenvalue weighted by molar-refractivity contribution is -0.117. The zero-order valence-corrected chi connectivity index (χ0v) is 18.7. The van der Waals surface area contributed by atoms with E-state index in [9.17, 15) is 14.4 Å². The number of anilines is 1. The van der Waals surface area contributed by atoms with Gasteiger partial charge >= 0.3 is 5.97 Å². The second-order valence-corrected chi connectivity index (χ2v) is 7.77. The fraction of sp³-hybridized carbons (Fsp3) is 0.192. The van der Waals surface area contributed by atoms with E-state index in [0.717, 1.165) is 0 Å². The molecule has 32 heavy (non-hydrogen) atoms. The van der Waals surface area contributed by atoms with Gasteiger partial charge < -0.3 is 10.1 Å². The van der Waals surface area contributed by atoms with Crippen LogP contribution in [0.5, 0.6) is 0 Å². The number of benzene rings is 3. The SMILES string of the molecule is CCCOC(=O)c1ccc(Cl)c(NC(=O)[C@@H](C)c2cccc(C(=O)c3ccccc3)c2)c1. The second-order valence-electron chi connectivity index (χ2n) is 7.36. The minimum atomic E-state index is -0.551. The summed E-state index contributed by atoms with van der Waals surface area (Å²) < 4.78 is 5.14. The molecule has 0 aliphatic carbocycles. The molecule has 164 valence electrons. The third-order valence-corrected chi connectivity index (χ3v) is 5.30. The smallest absolute Gasteiger partial charge is 0.338 e. The summed E-state index contributed by atoms with van der Waals surface area (Å²) in [4.78, 5) is 37.8. The Bertz CT molecular complexity index is 1130. The van der Waals surface area contributed by atoms with Crippen molar-refractivity contribution < 1.29 is 19.1 Å². The zero-order valence-electron chi connectivity index (χ0n) is 17.9. The highest BCUT2D eigenvalue weighted by Crippen LogP contribution is 2.26. The Morgan fingerprint density at radius 3 is 2.34 bits per heavy atom. The summed E-state index contributed by atoms with van der Waals surface area (Å²) in [5.74, 6) is -1.44. The molecule has 0 aliphatic heterocycles. The van der Waals surface area contributed by atoms with Crippen LogP contribution in [0.4, 0.5) is 5.69 Å². The van der Waals surface area contributed by atoms with Gasteiger partial charge in [-0.3, -0.25) is 9.59 Å². The van der Waals surface area contributed by atoms with Crippen molar-refractivity contribution in [3.8, 4) is 0 Å². The van der Waals surface area contributed by atoms with E-state index in [1.807, 2.05) is 25.1 Å². The van der Waals surface area contributed by atoms with Gasteiger partial charge in [-0.05, 0) is 43.2 Å². The summed E-state index contributed by atoms with van der Waals surface area (Å²) in [7, 11) is 0. The summed E-state index contributed by atoms with van der Waals surface area (Å²) in [6.07, 6.45) is 0.715. The number of hydrogen-bond donors (Lipinski definition) is 1. The maximum absolute atomic E-state index is 12.9. The van der Waals surface area contributed by atoms with Crippen LogP contribution in [0.3, 0.4) is 0 Å². The Hall–Kier alpha value is -3.44. The van der Waals surface area contributed by atoms with Crippen molar-refractivity contribution in [2.45, 2.75) is 26.2 Å². The number of carbonyl (C=O) groups is 3. The van der Waals surface area contributed by atoms with Gasteiger partial charge in [-0.1, -0.05) is 67.1 Å². The fourth-order valence-corrected chi connectivity index (χ4v) is 3.29. The van der Waals surface area contributed by atoms with Gasteiger partial charge in [0.2, 0.25) is 5.91 Å². The lowest BCUT2D eigenvalue weighted by atomic mass is 9.95. The first-order chi connectivity index (χ1) is 15.4. The van der Waals surface area contributed by atoms with E-state index < -0.39 is 11.9 Å². The van der Waals surface area contributed by atoms with Crippen molar-refractivity contribution >= 4 is 34.9 Å². The maximum Gasteiger partial charge on any atom is 0.338 e. The molecule has 5 nitrogen and oxygen atoms in total. The molecular formula is C26H24ClNO4. The van der Waals surface area contributed by atoms with Crippen molar-refractivity contribution in [2.24, 2.45) is 0 Å². The van der Waals surface area contributed by atoms with Gasteiger partial charge in [0.1, 0.15) is 0 Å². The molecule has 1 N–H and O–H groups in total. The Morgan fingerprint density at radius 1 is 0.906 bits per heavy atom. The predicted octanol–water partition coefficient (Wildman–Crippen LogP) is 5.88. The summed E-state index contributed by atoms with van der Waals surface area (Å²) >= 11 is 6.22. The Labute approximate surface area is 192 Å². The lowest BCUT2D eigenvalue weighted by Crippen LogP contribution is -2.20. The fourth-order valence-electron chi connectivity index (χ4n) is 3.12. The minimum absolute atomic E-state index is 0.110. The first-order valence-corrected chi connectivity index (χ1v) is 10.8. The van der Waals surface area contributed by atoms with E-state index >= 15 is 0 Å². The average Bonchev–Trinajstić information content (AvgIpc) is 2.83. The molecule has 0 radical (unpaired) electrons. The number of carbonyl (C=O) groups excluding carboxylic acids is 3. The first kappa shape index (κ1) is 23.2. The van der Waals surface area contributed by atoms with Gasteiger partial charge in [0, 0.05) is 11.1 Å². The van der Waals surface area contributed by atoms with Crippen LogP contribution in [0.25, 0.3) is 0 Å². The highest BCUT2D eigenvalue weighted by Gasteiger charge is 2.19. The van der Waals surface area contributed by atoms with Crippen molar-refractivity contribution in [3.63, 3.8) is 0 Å². The number of ether oxygens (including phenoxy) is 1. The molecule has 0 heterocycles. The number of hydrogen-bond acceptors (Lipinski definition) is 4. The van der Waals surface area contributed by atoms with Gasteiger partial charge in [-0.15, -0.1) is 0 Å². The van der Waals surface area contributed by atoms with Gasteiger partial charge in [0.25, 0.3) is 0 Å². The number of esters is 1. The highest BCUT2D eigenvalue weighted by molar-refractivity contribution is 6.34. The second kappa shape index (κ2) is 10.7. The van der Waals surface area contributed by atoms with Crippen LogP contribution in [0.15, 0.2) is 72.8 Å². The highest BCUT2D eigenvalue weighted by atomic mass is 35.5. The topological polar surface area (TPSA) is 72.5 Å². The Morgan fingerprint density at radius 2 is 1.62 bits per heavy atom. The van der Waals surface area contributed by atoms with Crippen LogP contribution in [0.2, 0.25) is 5.02 Å². The summed E-state index contributed by atoms with van der Waals surface area (Å²) in [5, 5.41) is 3.09. The van der Waals surface area contributed by atoms with E-state index in [-0.39, 0.29) is 11.7 Å². The van der Waals surface area contributed by atoms with E-state index in [1.165, 1.54) is 6.07 Å². The van der Waals surface area contributed by atoms with E-state index in [2.05, 4.69) is 5.32 Å². The van der Waals surface area contributed by atoms with Crippen LogP contribution < -0.4 is 5.32 Å². The van der Waals surface area contributed by atoms with Gasteiger partial charge in [-0.2, -0.15) is 0 Å². The van der Waals surface area contributed by atoms with E-state index in [4.69, 9.17) is 16.3 Å². The normalized spacial score (nSPS) is 11.5. The molecule has 0 spiro atoms. The standard InChI is InChI=1S/C26H24ClNO4/c1-3-14-32-26(31)21-12-13-22(27)23(16-21)28-25(30)17(2)19-10-7-11-20(15-19)24(29)18-8-5-4-6-9-18/h4-13,15-17H,3,14H2,1-2H3,(H,28,30)/t17-/m0/s1. The van der Waals surface area contributed by atoms with E-state index in [0.29, 0.717) is 46.0 Å². The number of ketones is 1. The molecule has 0 saturated carbocycles. The monoisotopic (exact) mass is 449 g/mol. The Balaban J connectivity index is 1.76. The van der Waals surface area contributed by atoms with Crippen LogP contribution >= 0.6 is 11.6 Å². The molecule has 0 unspecified atom stereocenters. The van der Waals surface area contributed by atoms with Gasteiger partial charge in [0.15, 0.2) is 5.78 Å². The number of amides is 1. The largest absolute Gasteiger partial charge is 0.462 e. The number of nitrogens with one attached hydrogen (secondary N) is 1. The van der Waals surface area contributed by atoms with Crippen LogP contribution in [0.1, 0.15) is 58.0 Å². The molecule has 1 atom stereocenters. The molecule has 0 aromatic heterocycles. The molecular weight excluding hydrogens is 426 g/mol. The summed E-state index contributed by atoms with van der Waals surface area (Å²) in [5.41, 5.74) is 2.42. The average molecular weight is 450 g/mol. The predicted molar refractivity (Wildman–Crippen MR) is 125 cm³/mol. The Kier molecular flexibility index (Phi) is 7.79. The molecule has 3 aromatic rings. The van der Waals surface area contributed by atoms with Crippen molar-refractivity contribution in [1.82, 2.24) is 0 Å². The molecule has 3 rings (SSSR count). The molecule has 1 amide bonds. The number of halogens is 1. The summed E-state index contributed by atoms with van der Waals surface area (Å²) in [6.45, 7) is 3.97. The third kappa shape index (κ3) is 5.62. The van der Waals surface area contributed by atoms with Gasteiger partial charge in [0.05, 0.1) is 28.8 Å². The lowest BCUT2D eigenvalue weighted by Gasteiger charge is -2.15. The number of rotatable bonds is 8. The maximum atomic E-state index is 12.9. The molecule has 0 saturated heterocycles. The third-order valence-electron chi connectivity index (χ3n) is 4.98. The van der Waals surface area contributed by atoms with Crippen LogP contribution in [0, 0.1) is 0 Å². The van der Waals surface area contributed by atoms with Crippen molar-refractivity contribution in [2.75, 3.05) is 11.9 Å². The zero-order chi connectivity index (χ0) is 23.1. The van der Waals surface area contributed by atoms with E-state index in [1.54, 1.807) is 55.5 Å². The molecule has 3 aromatic carbocycles. The first-order valence-electron chi connectivity index (χ1n) is 10.4. The van der Waals surface area contributed by atoms with Crippen LogP contribution in [-0.2, 0) is 9.53 Å². The molecule has 6 heteroatoms. The van der Waals surface area contributed by atoms with Crippen molar-refractivity contribution in [1.29, 1.82) is 0 Å². The van der Waals surface area contributed by atoms with Gasteiger partial charge in [-0.25, -0.2) is 4.79 Å². The molecule has 0 bridgehead atoms.